The molecule has 2 N–H and O–H groups in total. The third-order valence-corrected chi connectivity index (χ3v) is 4.93. The summed E-state index contributed by atoms with van der Waals surface area (Å²) < 4.78 is 1.76. The first kappa shape index (κ1) is 15.3. The highest BCUT2D eigenvalue weighted by Gasteiger charge is 2.26. The van der Waals surface area contributed by atoms with Crippen molar-refractivity contribution in [1.29, 1.82) is 0 Å². The molecule has 0 amide bonds. The predicted molar refractivity (Wildman–Crippen MR) is 85.6 cm³/mol. The van der Waals surface area contributed by atoms with Crippen molar-refractivity contribution in [2.24, 2.45) is 0 Å². The fourth-order valence-corrected chi connectivity index (χ4v) is 3.58. The highest BCUT2D eigenvalue weighted by molar-refractivity contribution is 9.11. The van der Waals surface area contributed by atoms with Gasteiger partial charge in [0.15, 0.2) is 0 Å². The van der Waals surface area contributed by atoms with Gasteiger partial charge >= 0.3 is 0 Å². The van der Waals surface area contributed by atoms with Crippen LogP contribution in [0.5, 0.6) is 5.75 Å². The third-order valence-electron chi connectivity index (χ3n) is 3.60. The summed E-state index contributed by atoms with van der Waals surface area (Å²) in [5, 5.41) is 13.8. The van der Waals surface area contributed by atoms with E-state index >= 15 is 0 Å². The molecule has 0 saturated carbocycles. The van der Waals surface area contributed by atoms with Crippen LogP contribution in [0.3, 0.4) is 0 Å². The first-order chi connectivity index (χ1) is 9.15. The Hall–Kier alpha value is -0.100. The van der Waals surface area contributed by atoms with E-state index in [9.17, 15) is 5.11 Å². The van der Waals surface area contributed by atoms with Crippen molar-refractivity contribution in [2.45, 2.75) is 25.8 Å². The SMILES string of the molecule is CCC[C@@H](c1c(Br)ccc(Br)c1O)N1CCNCC1. The molecule has 1 heterocycles. The molecule has 2 rings (SSSR count). The largest absolute Gasteiger partial charge is 0.506 e. The maximum Gasteiger partial charge on any atom is 0.135 e. The van der Waals surface area contributed by atoms with Gasteiger partial charge in [-0.3, -0.25) is 4.90 Å². The summed E-state index contributed by atoms with van der Waals surface area (Å²) >= 11 is 7.02. The first-order valence-electron chi connectivity index (χ1n) is 6.76. The Bertz CT molecular complexity index is 434. The second-order valence-electron chi connectivity index (χ2n) is 4.88. The minimum Gasteiger partial charge on any atom is -0.506 e. The van der Waals surface area contributed by atoms with E-state index in [4.69, 9.17) is 0 Å². The minimum absolute atomic E-state index is 0.277. The lowest BCUT2D eigenvalue weighted by Gasteiger charge is -2.36. The summed E-state index contributed by atoms with van der Waals surface area (Å²) in [4.78, 5) is 2.46. The van der Waals surface area contributed by atoms with Crippen molar-refractivity contribution in [1.82, 2.24) is 10.2 Å². The lowest BCUT2D eigenvalue weighted by Crippen LogP contribution is -2.45. The van der Waals surface area contributed by atoms with Gasteiger partial charge in [-0.1, -0.05) is 29.3 Å². The summed E-state index contributed by atoms with van der Waals surface area (Å²) in [5.74, 6) is 0.367. The number of halogens is 2. The summed E-state index contributed by atoms with van der Waals surface area (Å²) in [6.07, 6.45) is 2.16. The number of hydrogen-bond donors (Lipinski definition) is 2. The molecule has 19 heavy (non-hydrogen) atoms. The monoisotopic (exact) mass is 390 g/mol. The van der Waals surface area contributed by atoms with Crippen molar-refractivity contribution >= 4 is 31.9 Å². The molecule has 5 heteroatoms. The summed E-state index contributed by atoms with van der Waals surface area (Å²) in [7, 11) is 0. The molecule has 0 unspecified atom stereocenters. The van der Waals surface area contributed by atoms with Gasteiger partial charge in [0.05, 0.1) is 4.47 Å². The fourth-order valence-electron chi connectivity index (χ4n) is 2.65. The Morgan fingerprint density at radius 1 is 1.26 bits per heavy atom. The number of piperazine rings is 1. The Labute approximate surface area is 131 Å². The molecule has 0 aromatic heterocycles. The zero-order chi connectivity index (χ0) is 13.8. The van der Waals surface area contributed by atoms with Crippen molar-refractivity contribution in [3.05, 3.63) is 26.6 Å². The van der Waals surface area contributed by atoms with Gasteiger partial charge in [0, 0.05) is 42.3 Å². The number of rotatable bonds is 4. The molecule has 0 radical (unpaired) electrons. The molecule has 1 aliphatic rings. The molecular formula is C14H20Br2N2O. The normalized spacial score (nSPS) is 18.5. The van der Waals surface area contributed by atoms with Gasteiger partial charge in [0.1, 0.15) is 5.75 Å². The van der Waals surface area contributed by atoms with Crippen LogP contribution in [-0.2, 0) is 0 Å². The molecule has 106 valence electrons. The zero-order valence-electron chi connectivity index (χ0n) is 11.1. The van der Waals surface area contributed by atoms with Crippen LogP contribution in [0.15, 0.2) is 21.1 Å². The minimum atomic E-state index is 0.277. The topological polar surface area (TPSA) is 35.5 Å². The summed E-state index contributed by atoms with van der Waals surface area (Å²) in [6.45, 7) is 6.30. The highest BCUT2D eigenvalue weighted by atomic mass is 79.9. The average molecular weight is 392 g/mol. The van der Waals surface area contributed by atoms with Gasteiger partial charge in [0.25, 0.3) is 0 Å². The van der Waals surface area contributed by atoms with E-state index in [-0.39, 0.29) is 6.04 Å². The molecule has 3 nitrogen and oxygen atoms in total. The van der Waals surface area contributed by atoms with Crippen LogP contribution in [0.1, 0.15) is 31.4 Å². The quantitative estimate of drug-likeness (QED) is 0.821. The van der Waals surface area contributed by atoms with E-state index in [1.54, 1.807) is 0 Å². The summed E-state index contributed by atoms with van der Waals surface area (Å²) in [6, 6.07) is 4.16. The molecule has 1 aromatic carbocycles. The number of nitrogens with one attached hydrogen (secondary N) is 1. The Kier molecular flexibility index (Phi) is 5.69. The van der Waals surface area contributed by atoms with Crippen molar-refractivity contribution < 1.29 is 5.11 Å². The van der Waals surface area contributed by atoms with E-state index in [1.165, 1.54) is 0 Å². The van der Waals surface area contributed by atoms with Gasteiger partial charge < -0.3 is 10.4 Å². The third kappa shape index (κ3) is 3.51. The zero-order valence-corrected chi connectivity index (χ0v) is 14.3. The van der Waals surface area contributed by atoms with E-state index in [1.807, 2.05) is 12.1 Å². The Morgan fingerprint density at radius 2 is 1.89 bits per heavy atom. The van der Waals surface area contributed by atoms with Gasteiger partial charge in [-0.2, -0.15) is 0 Å². The number of phenols is 1. The van der Waals surface area contributed by atoms with Crippen molar-refractivity contribution in [2.75, 3.05) is 26.2 Å². The Morgan fingerprint density at radius 3 is 2.53 bits per heavy atom. The van der Waals surface area contributed by atoms with Crippen LogP contribution in [0.2, 0.25) is 0 Å². The second-order valence-corrected chi connectivity index (χ2v) is 6.59. The molecule has 0 spiro atoms. The smallest absolute Gasteiger partial charge is 0.135 e. The molecular weight excluding hydrogens is 372 g/mol. The lowest BCUT2D eigenvalue weighted by molar-refractivity contribution is 0.161. The highest BCUT2D eigenvalue weighted by Crippen LogP contribution is 2.41. The van der Waals surface area contributed by atoms with Crippen molar-refractivity contribution in [3.8, 4) is 5.75 Å². The molecule has 0 aliphatic carbocycles. The van der Waals surface area contributed by atoms with Gasteiger partial charge in [-0.15, -0.1) is 0 Å². The number of phenolic OH excluding ortho intramolecular Hbond substituents is 1. The molecule has 1 aromatic rings. The van der Waals surface area contributed by atoms with Crippen LogP contribution >= 0.6 is 31.9 Å². The maximum atomic E-state index is 10.4. The molecule has 1 atom stereocenters. The van der Waals surface area contributed by atoms with E-state index in [2.05, 4.69) is 49.0 Å². The number of aromatic hydroxyl groups is 1. The first-order valence-corrected chi connectivity index (χ1v) is 8.35. The molecule has 1 aliphatic heterocycles. The fraction of sp³-hybridized carbons (Fsp3) is 0.571. The van der Waals surface area contributed by atoms with Crippen LogP contribution < -0.4 is 5.32 Å². The van der Waals surface area contributed by atoms with Crippen molar-refractivity contribution in [3.63, 3.8) is 0 Å². The van der Waals surface area contributed by atoms with Crippen LogP contribution in [0, 0.1) is 0 Å². The second kappa shape index (κ2) is 7.07. The van der Waals surface area contributed by atoms with Crippen LogP contribution in [-0.4, -0.2) is 36.2 Å². The van der Waals surface area contributed by atoms with E-state index < -0.39 is 0 Å². The van der Waals surface area contributed by atoms with Gasteiger partial charge in [0.2, 0.25) is 0 Å². The van der Waals surface area contributed by atoms with Gasteiger partial charge in [-0.25, -0.2) is 0 Å². The molecule has 1 saturated heterocycles. The predicted octanol–water partition coefficient (Wildman–Crippen LogP) is 3.66. The van der Waals surface area contributed by atoms with E-state index in [0.29, 0.717) is 5.75 Å². The average Bonchev–Trinajstić information content (AvgIpc) is 2.43. The number of nitrogens with zero attached hydrogens (tertiary/aromatic N) is 1. The van der Waals surface area contributed by atoms with Gasteiger partial charge in [-0.05, 0) is 34.5 Å². The molecule has 1 fully saturated rings. The van der Waals surface area contributed by atoms with Crippen LogP contribution in [0.25, 0.3) is 0 Å². The van der Waals surface area contributed by atoms with Crippen LogP contribution in [0.4, 0.5) is 0 Å². The number of hydrogen-bond acceptors (Lipinski definition) is 3. The number of benzene rings is 1. The molecule has 0 bridgehead atoms. The van der Waals surface area contributed by atoms with E-state index in [0.717, 1.165) is 53.5 Å². The summed E-state index contributed by atoms with van der Waals surface area (Å²) in [5.41, 5.74) is 1.01. The standard InChI is InChI=1S/C14H20Br2N2O/c1-2-3-12(18-8-6-17-7-9-18)13-10(15)4-5-11(16)14(13)19/h4-5,12,17,19H,2-3,6-9H2,1H3/t12-/m0/s1. The maximum absolute atomic E-state index is 10.4. The Balaban J connectivity index is 2.35. The lowest BCUT2D eigenvalue weighted by atomic mass is 9.99.